The lowest BCUT2D eigenvalue weighted by Gasteiger charge is -2.22. The lowest BCUT2D eigenvalue weighted by molar-refractivity contribution is 0.218. The summed E-state index contributed by atoms with van der Waals surface area (Å²) in [5.41, 5.74) is 1.24. The molecule has 0 amide bonds. The van der Waals surface area contributed by atoms with E-state index in [1.807, 2.05) is 38.1 Å². The molecule has 0 unspecified atom stereocenters. The van der Waals surface area contributed by atoms with Gasteiger partial charge in [-0.2, -0.15) is 9.78 Å². The van der Waals surface area contributed by atoms with Crippen molar-refractivity contribution in [1.29, 1.82) is 0 Å². The minimum Gasteiger partial charge on any atom is -0.493 e. The fourth-order valence-corrected chi connectivity index (χ4v) is 4.71. The fraction of sp³-hybridized carbons (Fsp3) is 0.423. The van der Waals surface area contributed by atoms with Gasteiger partial charge in [0.05, 0.1) is 37.4 Å². The van der Waals surface area contributed by atoms with E-state index in [0.29, 0.717) is 28.2 Å². The van der Waals surface area contributed by atoms with Gasteiger partial charge in [0.1, 0.15) is 5.82 Å². The maximum absolute atomic E-state index is 13.5. The van der Waals surface area contributed by atoms with Crippen LogP contribution in [-0.2, 0) is 0 Å². The van der Waals surface area contributed by atoms with Crippen molar-refractivity contribution in [3.8, 4) is 17.2 Å². The van der Waals surface area contributed by atoms with Crippen molar-refractivity contribution in [1.82, 2.24) is 9.66 Å². The van der Waals surface area contributed by atoms with Gasteiger partial charge in [0, 0.05) is 16.0 Å². The van der Waals surface area contributed by atoms with Crippen molar-refractivity contribution in [2.24, 2.45) is 5.10 Å². The number of fused-ring (bicyclic) bond motifs is 1. The number of benzene rings is 2. The molecule has 0 aliphatic heterocycles. The van der Waals surface area contributed by atoms with E-state index in [1.165, 1.54) is 11.1 Å². The van der Waals surface area contributed by atoms with Crippen LogP contribution >= 0.6 is 15.9 Å². The van der Waals surface area contributed by atoms with E-state index in [-0.39, 0.29) is 17.6 Å². The van der Waals surface area contributed by atoms with E-state index in [9.17, 15) is 4.79 Å². The number of methoxy groups -OCH3 is 2. The van der Waals surface area contributed by atoms with Gasteiger partial charge in [-0.3, -0.25) is 4.79 Å². The molecule has 1 saturated carbocycles. The summed E-state index contributed by atoms with van der Waals surface area (Å²) in [7, 11) is 3.17. The highest BCUT2D eigenvalue weighted by molar-refractivity contribution is 9.10. The van der Waals surface area contributed by atoms with E-state index in [0.717, 1.165) is 41.5 Å². The van der Waals surface area contributed by atoms with Gasteiger partial charge in [-0.1, -0.05) is 35.2 Å². The van der Waals surface area contributed by atoms with Crippen molar-refractivity contribution in [3.05, 3.63) is 56.5 Å². The molecule has 1 aliphatic rings. The van der Waals surface area contributed by atoms with Gasteiger partial charge in [0.2, 0.25) is 5.75 Å². The molecule has 3 aromatic rings. The van der Waals surface area contributed by atoms with Gasteiger partial charge in [-0.05, 0) is 57.0 Å². The highest BCUT2D eigenvalue weighted by Crippen LogP contribution is 2.39. The first-order valence-corrected chi connectivity index (χ1v) is 12.4. The Morgan fingerprint density at radius 2 is 1.76 bits per heavy atom. The number of nitrogens with zero attached hydrogens (tertiary/aromatic N) is 3. The predicted octanol–water partition coefficient (Wildman–Crippen LogP) is 5.89. The number of aromatic nitrogens is 2. The SMILES string of the molecule is COc1cc(C=Nn2c(C3CCCCC3)nc3ccc(Br)cc3c2=O)cc(OC)c1OC(C)C. The molecule has 1 aromatic heterocycles. The van der Waals surface area contributed by atoms with E-state index in [2.05, 4.69) is 21.0 Å². The molecule has 2 aromatic carbocycles. The summed E-state index contributed by atoms with van der Waals surface area (Å²) in [5, 5.41) is 5.15. The summed E-state index contributed by atoms with van der Waals surface area (Å²) in [5.74, 6) is 2.53. The quantitative estimate of drug-likeness (QED) is 0.358. The molecule has 0 saturated heterocycles. The van der Waals surface area contributed by atoms with Crippen LogP contribution in [-0.4, -0.2) is 36.2 Å². The van der Waals surface area contributed by atoms with E-state index < -0.39 is 0 Å². The van der Waals surface area contributed by atoms with Crippen LogP contribution in [0.3, 0.4) is 0 Å². The zero-order chi connectivity index (χ0) is 24.2. The minimum absolute atomic E-state index is 0.0399. The minimum atomic E-state index is -0.179. The Balaban J connectivity index is 1.82. The number of halogens is 1. The Morgan fingerprint density at radius 1 is 1.09 bits per heavy atom. The first-order chi connectivity index (χ1) is 16.4. The molecule has 34 heavy (non-hydrogen) atoms. The van der Waals surface area contributed by atoms with Crippen molar-refractivity contribution in [2.45, 2.75) is 58.0 Å². The van der Waals surface area contributed by atoms with E-state index >= 15 is 0 Å². The lowest BCUT2D eigenvalue weighted by Crippen LogP contribution is -2.25. The molecule has 0 radical (unpaired) electrons. The number of rotatable bonds is 7. The van der Waals surface area contributed by atoms with Gasteiger partial charge in [0.15, 0.2) is 11.5 Å². The lowest BCUT2D eigenvalue weighted by atomic mass is 9.88. The van der Waals surface area contributed by atoms with Crippen molar-refractivity contribution in [2.75, 3.05) is 14.2 Å². The van der Waals surface area contributed by atoms with Gasteiger partial charge in [-0.25, -0.2) is 4.98 Å². The summed E-state index contributed by atoms with van der Waals surface area (Å²) < 4.78 is 19.3. The Hall–Kier alpha value is -2.87. The molecule has 0 N–H and O–H groups in total. The second-order valence-corrected chi connectivity index (χ2v) is 9.66. The molecule has 1 fully saturated rings. The molecule has 7 nitrogen and oxygen atoms in total. The highest BCUT2D eigenvalue weighted by Gasteiger charge is 2.23. The van der Waals surface area contributed by atoms with Crippen LogP contribution in [0.25, 0.3) is 10.9 Å². The third-order valence-electron chi connectivity index (χ3n) is 5.96. The molecule has 4 rings (SSSR count). The summed E-state index contributed by atoms with van der Waals surface area (Å²) in [6, 6.07) is 9.22. The largest absolute Gasteiger partial charge is 0.493 e. The molecule has 180 valence electrons. The van der Waals surface area contributed by atoms with Gasteiger partial charge in [-0.15, -0.1) is 0 Å². The summed E-state index contributed by atoms with van der Waals surface area (Å²) in [6.07, 6.45) is 7.10. The Kier molecular flexibility index (Phi) is 7.56. The van der Waals surface area contributed by atoms with Crippen molar-refractivity contribution < 1.29 is 14.2 Å². The Labute approximate surface area is 207 Å². The molecule has 1 aliphatic carbocycles. The smallest absolute Gasteiger partial charge is 0.282 e. The molecule has 1 heterocycles. The second-order valence-electron chi connectivity index (χ2n) is 8.75. The maximum Gasteiger partial charge on any atom is 0.282 e. The third kappa shape index (κ3) is 5.12. The first-order valence-electron chi connectivity index (χ1n) is 11.6. The second kappa shape index (κ2) is 10.6. The summed E-state index contributed by atoms with van der Waals surface area (Å²) >= 11 is 3.46. The van der Waals surface area contributed by atoms with E-state index in [4.69, 9.17) is 19.2 Å². The summed E-state index contributed by atoms with van der Waals surface area (Å²) in [4.78, 5) is 18.4. The van der Waals surface area contributed by atoms with Crippen LogP contribution in [0.5, 0.6) is 17.2 Å². The van der Waals surface area contributed by atoms with Crippen LogP contribution in [0.2, 0.25) is 0 Å². The molecule has 0 spiro atoms. The van der Waals surface area contributed by atoms with E-state index in [1.54, 1.807) is 26.5 Å². The maximum atomic E-state index is 13.5. The first kappa shape index (κ1) is 24.3. The summed E-state index contributed by atoms with van der Waals surface area (Å²) in [6.45, 7) is 3.89. The van der Waals surface area contributed by atoms with Gasteiger partial charge >= 0.3 is 0 Å². The van der Waals surface area contributed by atoms with Crippen molar-refractivity contribution in [3.63, 3.8) is 0 Å². The number of hydrogen-bond donors (Lipinski definition) is 0. The fourth-order valence-electron chi connectivity index (χ4n) is 4.35. The van der Waals surface area contributed by atoms with Crippen LogP contribution in [0.1, 0.15) is 63.3 Å². The molecular weight excluding hydrogens is 498 g/mol. The third-order valence-corrected chi connectivity index (χ3v) is 6.46. The van der Waals surface area contributed by atoms with Crippen molar-refractivity contribution >= 4 is 33.0 Å². The predicted molar refractivity (Wildman–Crippen MR) is 138 cm³/mol. The average Bonchev–Trinajstić information content (AvgIpc) is 2.84. The van der Waals surface area contributed by atoms with Crippen LogP contribution in [0.15, 0.2) is 44.7 Å². The Morgan fingerprint density at radius 3 is 2.38 bits per heavy atom. The molecule has 0 atom stereocenters. The van der Waals surface area contributed by atoms with Crippen LogP contribution in [0.4, 0.5) is 0 Å². The molecule has 8 heteroatoms. The van der Waals surface area contributed by atoms with Crippen LogP contribution < -0.4 is 19.8 Å². The molecular formula is C26H30BrN3O4. The Bertz CT molecular complexity index is 1240. The highest BCUT2D eigenvalue weighted by atomic mass is 79.9. The number of hydrogen-bond acceptors (Lipinski definition) is 6. The van der Waals surface area contributed by atoms with Gasteiger partial charge in [0.25, 0.3) is 5.56 Å². The average molecular weight is 528 g/mol. The number of ether oxygens (including phenoxy) is 3. The monoisotopic (exact) mass is 527 g/mol. The topological polar surface area (TPSA) is 74.9 Å². The molecule has 0 bridgehead atoms. The van der Waals surface area contributed by atoms with Gasteiger partial charge < -0.3 is 14.2 Å². The zero-order valence-corrected chi connectivity index (χ0v) is 21.6. The zero-order valence-electron chi connectivity index (χ0n) is 20.0. The van der Waals surface area contributed by atoms with Crippen LogP contribution in [0, 0.1) is 0 Å². The normalized spacial score (nSPS) is 14.8. The standard InChI is InChI=1S/C26H30BrN3O4/c1-16(2)34-24-22(32-3)12-17(13-23(24)33-4)15-28-30-25(18-8-6-5-7-9-18)29-21-11-10-19(27)14-20(21)26(30)31/h10-16,18H,5-9H2,1-4H3.